The predicted molar refractivity (Wildman–Crippen MR) is 108 cm³/mol. The maximum Gasteiger partial charge on any atom is 0.193 e. The minimum atomic E-state index is 0.664. The third-order valence-corrected chi connectivity index (χ3v) is 5.49. The van der Waals surface area contributed by atoms with Crippen molar-refractivity contribution in [3.8, 4) is 0 Å². The van der Waals surface area contributed by atoms with Crippen LogP contribution in [0.3, 0.4) is 0 Å². The first-order chi connectivity index (χ1) is 12.7. The molecule has 0 aromatic carbocycles. The van der Waals surface area contributed by atoms with Crippen LogP contribution in [0.25, 0.3) is 0 Å². The van der Waals surface area contributed by atoms with Gasteiger partial charge in [0.15, 0.2) is 5.96 Å². The predicted octanol–water partition coefficient (Wildman–Crippen LogP) is 2.20. The van der Waals surface area contributed by atoms with Crippen molar-refractivity contribution in [1.29, 1.82) is 0 Å². The fourth-order valence-corrected chi connectivity index (χ4v) is 3.91. The number of likely N-dealkylation sites (tertiary alicyclic amines) is 1. The van der Waals surface area contributed by atoms with E-state index in [0.29, 0.717) is 12.0 Å². The Labute approximate surface area is 160 Å². The molecule has 6 heteroatoms. The van der Waals surface area contributed by atoms with E-state index in [4.69, 9.17) is 14.5 Å². The Morgan fingerprint density at radius 3 is 2.81 bits per heavy atom. The summed E-state index contributed by atoms with van der Waals surface area (Å²) in [6.45, 7) is 13.0. The average molecular weight is 369 g/mol. The van der Waals surface area contributed by atoms with Gasteiger partial charge in [0, 0.05) is 59.2 Å². The second-order valence-electron chi connectivity index (χ2n) is 7.53. The molecule has 2 aliphatic heterocycles. The van der Waals surface area contributed by atoms with E-state index in [9.17, 15) is 0 Å². The van der Waals surface area contributed by atoms with Crippen LogP contribution in [0.5, 0.6) is 0 Å². The van der Waals surface area contributed by atoms with Gasteiger partial charge in [-0.05, 0) is 58.0 Å². The van der Waals surface area contributed by atoms with Gasteiger partial charge in [0.25, 0.3) is 0 Å². The molecule has 152 valence electrons. The first kappa shape index (κ1) is 21.5. The Bertz CT molecular complexity index is 399. The van der Waals surface area contributed by atoms with Crippen molar-refractivity contribution in [1.82, 2.24) is 15.1 Å². The third-order valence-electron chi connectivity index (χ3n) is 5.49. The number of hydrogen-bond donors (Lipinski definition) is 1. The lowest BCUT2D eigenvalue weighted by atomic mass is 10.0. The molecule has 0 saturated carbocycles. The topological polar surface area (TPSA) is 49.3 Å². The van der Waals surface area contributed by atoms with Crippen LogP contribution in [-0.4, -0.2) is 88.0 Å². The van der Waals surface area contributed by atoms with Gasteiger partial charge in [0.05, 0.1) is 0 Å². The lowest BCUT2D eigenvalue weighted by Crippen LogP contribution is -2.46. The summed E-state index contributed by atoms with van der Waals surface area (Å²) in [5, 5.41) is 3.43. The summed E-state index contributed by atoms with van der Waals surface area (Å²) in [7, 11) is 2.16. The number of aliphatic imine (C=N–C) groups is 1. The Kier molecular flexibility index (Phi) is 10.3. The summed E-state index contributed by atoms with van der Waals surface area (Å²) < 4.78 is 11.2. The summed E-state index contributed by atoms with van der Waals surface area (Å²) in [4.78, 5) is 9.69. The Morgan fingerprint density at radius 2 is 2.08 bits per heavy atom. The second kappa shape index (κ2) is 12.5. The first-order valence-electron chi connectivity index (χ1n) is 10.6. The Morgan fingerprint density at radius 1 is 1.27 bits per heavy atom. The van der Waals surface area contributed by atoms with Crippen LogP contribution in [0.15, 0.2) is 4.99 Å². The lowest BCUT2D eigenvalue weighted by molar-refractivity contribution is 0.0205. The molecule has 1 atom stereocenters. The van der Waals surface area contributed by atoms with Gasteiger partial charge in [-0.3, -0.25) is 9.89 Å². The summed E-state index contributed by atoms with van der Waals surface area (Å²) in [5.41, 5.74) is 0. The minimum Gasteiger partial charge on any atom is -0.381 e. The van der Waals surface area contributed by atoms with Crippen molar-refractivity contribution in [2.45, 2.75) is 52.0 Å². The number of nitrogens with zero attached hydrogens (tertiary/aromatic N) is 3. The van der Waals surface area contributed by atoms with Crippen LogP contribution >= 0.6 is 0 Å². The van der Waals surface area contributed by atoms with Crippen LogP contribution in [0, 0.1) is 5.92 Å². The van der Waals surface area contributed by atoms with Crippen molar-refractivity contribution < 1.29 is 9.47 Å². The summed E-state index contributed by atoms with van der Waals surface area (Å²) in [6.07, 6.45) is 5.89. The molecular formula is C20H40N4O2. The molecule has 2 aliphatic rings. The molecule has 1 N–H and O–H groups in total. The van der Waals surface area contributed by atoms with Gasteiger partial charge in [0.2, 0.25) is 0 Å². The molecule has 1 unspecified atom stereocenters. The van der Waals surface area contributed by atoms with Crippen LogP contribution in [0.2, 0.25) is 0 Å². The van der Waals surface area contributed by atoms with E-state index in [1.807, 2.05) is 0 Å². The number of nitrogens with one attached hydrogen (secondary N) is 1. The van der Waals surface area contributed by atoms with E-state index in [1.54, 1.807) is 0 Å². The SMILES string of the molecule is CCNC(=NCCCOCC1CCOCC1)N(C)CC1CCCN1CC. The lowest BCUT2D eigenvalue weighted by Gasteiger charge is -2.29. The quantitative estimate of drug-likeness (QED) is 0.364. The zero-order chi connectivity index (χ0) is 18.6. The number of guanidine groups is 1. The number of ether oxygens (including phenoxy) is 2. The van der Waals surface area contributed by atoms with Gasteiger partial charge < -0.3 is 19.7 Å². The third kappa shape index (κ3) is 7.41. The molecule has 2 saturated heterocycles. The number of likely N-dealkylation sites (N-methyl/N-ethyl adjacent to an activating group) is 2. The standard InChI is InChI=1S/C20H40N4O2/c1-4-21-20(23(3)16-19-8-6-12-24(19)5-2)22-11-7-13-26-17-18-9-14-25-15-10-18/h18-19H,4-17H2,1-3H3,(H,21,22). The van der Waals surface area contributed by atoms with Gasteiger partial charge in [-0.1, -0.05) is 6.92 Å². The molecular weight excluding hydrogens is 328 g/mol. The number of rotatable bonds is 10. The van der Waals surface area contributed by atoms with E-state index < -0.39 is 0 Å². The zero-order valence-corrected chi connectivity index (χ0v) is 17.2. The second-order valence-corrected chi connectivity index (χ2v) is 7.53. The van der Waals surface area contributed by atoms with Gasteiger partial charge in [-0.25, -0.2) is 0 Å². The van der Waals surface area contributed by atoms with Crippen LogP contribution < -0.4 is 5.32 Å². The molecule has 2 heterocycles. The van der Waals surface area contributed by atoms with Gasteiger partial charge >= 0.3 is 0 Å². The molecule has 0 radical (unpaired) electrons. The summed E-state index contributed by atoms with van der Waals surface area (Å²) in [6, 6.07) is 0.664. The van der Waals surface area contributed by atoms with E-state index >= 15 is 0 Å². The van der Waals surface area contributed by atoms with Crippen molar-refractivity contribution in [2.75, 3.05) is 66.2 Å². The first-order valence-corrected chi connectivity index (χ1v) is 10.6. The van der Waals surface area contributed by atoms with Crippen molar-refractivity contribution >= 4 is 5.96 Å². The molecule has 0 bridgehead atoms. The maximum absolute atomic E-state index is 5.85. The molecule has 2 fully saturated rings. The van der Waals surface area contributed by atoms with E-state index in [2.05, 4.69) is 36.0 Å². The van der Waals surface area contributed by atoms with E-state index in [-0.39, 0.29) is 0 Å². The molecule has 2 rings (SSSR count). The summed E-state index contributed by atoms with van der Waals surface area (Å²) >= 11 is 0. The fourth-order valence-electron chi connectivity index (χ4n) is 3.91. The van der Waals surface area contributed by atoms with Crippen molar-refractivity contribution in [3.63, 3.8) is 0 Å². The fraction of sp³-hybridized carbons (Fsp3) is 0.950. The van der Waals surface area contributed by atoms with Gasteiger partial charge in [0.1, 0.15) is 0 Å². The number of hydrogen-bond acceptors (Lipinski definition) is 4. The molecule has 0 aliphatic carbocycles. The highest BCUT2D eigenvalue weighted by molar-refractivity contribution is 5.79. The highest BCUT2D eigenvalue weighted by atomic mass is 16.5. The van der Waals surface area contributed by atoms with Crippen molar-refractivity contribution in [2.24, 2.45) is 10.9 Å². The average Bonchev–Trinajstić information content (AvgIpc) is 3.11. The van der Waals surface area contributed by atoms with E-state index in [1.165, 1.54) is 19.4 Å². The van der Waals surface area contributed by atoms with Crippen LogP contribution in [0.4, 0.5) is 0 Å². The zero-order valence-electron chi connectivity index (χ0n) is 17.2. The Hall–Kier alpha value is -0.850. The molecule has 0 aromatic heterocycles. The maximum atomic E-state index is 5.85. The van der Waals surface area contributed by atoms with Crippen LogP contribution in [-0.2, 0) is 9.47 Å². The molecule has 26 heavy (non-hydrogen) atoms. The van der Waals surface area contributed by atoms with Gasteiger partial charge in [-0.2, -0.15) is 0 Å². The minimum absolute atomic E-state index is 0.664. The molecule has 6 nitrogen and oxygen atoms in total. The van der Waals surface area contributed by atoms with E-state index in [0.717, 1.165) is 77.8 Å². The molecule has 0 spiro atoms. The summed E-state index contributed by atoms with van der Waals surface area (Å²) in [5.74, 6) is 1.71. The smallest absolute Gasteiger partial charge is 0.193 e. The van der Waals surface area contributed by atoms with Crippen LogP contribution in [0.1, 0.15) is 46.0 Å². The molecule has 0 amide bonds. The largest absolute Gasteiger partial charge is 0.381 e. The molecule has 0 aromatic rings. The normalized spacial score (nSPS) is 22.7. The monoisotopic (exact) mass is 368 g/mol. The highest BCUT2D eigenvalue weighted by Crippen LogP contribution is 2.17. The Balaban J connectivity index is 1.66. The highest BCUT2D eigenvalue weighted by Gasteiger charge is 2.24. The van der Waals surface area contributed by atoms with Gasteiger partial charge in [-0.15, -0.1) is 0 Å². The van der Waals surface area contributed by atoms with Crippen molar-refractivity contribution in [3.05, 3.63) is 0 Å².